The third-order valence-electron chi connectivity index (χ3n) is 6.18. The molecule has 13 heteroatoms. The highest BCUT2D eigenvalue weighted by Gasteiger charge is 2.35. The molecule has 0 radical (unpaired) electrons. The molecule has 1 aliphatic heterocycles. The van der Waals surface area contributed by atoms with Crippen molar-refractivity contribution in [1.82, 2.24) is 19.7 Å². The number of benzene rings is 1. The van der Waals surface area contributed by atoms with Crippen LogP contribution in [0.4, 0.5) is 30.5 Å². The Kier molecular flexibility index (Phi) is 7.27. The summed E-state index contributed by atoms with van der Waals surface area (Å²) in [5.74, 6) is 0.433. The molecule has 3 N–H and O–H groups in total. The Morgan fingerprint density at radius 3 is 2.57 bits per heavy atom. The number of aromatic nitrogens is 4. The smallest absolute Gasteiger partial charge is 0.418 e. The highest BCUT2D eigenvalue weighted by Crippen LogP contribution is 2.42. The van der Waals surface area contributed by atoms with Crippen LogP contribution in [0.2, 0.25) is 0 Å². The van der Waals surface area contributed by atoms with Crippen LogP contribution in [0, 0.1) is 6.92 Å². The Labute approximate surface area is 239 Å². The monoisotopic (exact) mass is 579 g/mol. The lowest BCUT2D eigenvalue weighted by Crippen LogP contribution is -2.26. The molecule has 0 unspecified atom stereocenters. The Bertz CT molecular complexity index is 1660. The first kappa shape index (κ1) is 28.5. The van der Waals surface area contributed by atoms with Crippen molar-refractivity contribution >= 4 is 23.2 Å². The van der Waals surface area contributed by atoms with Crippen LogP contribution < -0.4 is 25.4 Å². The fourth-order valence-electron chi connectivity index (χ4n) is 4.07. The average Bonchev–Trinajstić information content (AvgIpc) is 3.33. The maximum Gasteiger partial charge on any atom is 0.418 e. The van der Waals surface area contributed by atoms with Crippen LogP contribution in [-0.4, -0.2) is 32.3 Å². The van der Waals surface area contributed by atoms with Gasteiger partial charge in [-0.1, -0.05) is 27.4 Å². The number of fused-ring (bicyclic) bond motifs is 1. The van der Waals surface area contributed by atoms with Crippen LogP contribution >= 0.6 is 0 Å². The molecule has 1 amide bonds. The van der Waals surface area contributed by atoms with Gasteiger partial charge in [0, 0.05) is 29.4 Å². The summed E-state index contributed by atoms with van der Waals surface area (Å²) in [6.07, 6.45) is -1.71. The second-order valence-corrected chi connectivity index (χ2v) is 10.6. The molecule has 0 spiro atoms. The minimum Gasteiger partial charge on any atom is -0.476 e. The van der Waals surface area contributed by atoms with Crippen LogP contribution in [0.5, 0.6) is 17.2 Å². The molecule has 4 heterocycles. The van der Waals surface area contributed by atoms with E-state index in [1.54, 1.807) is 10.9 Å². The summed E-state index contributed by atoms with van der Waals surface area (Å²) in [5, 5.41) is 13.0. The molecule has 0 atom stereocenters. The Hall–Kier alpha value is -5.07. The molecule has 218 valence electrons. The number of carbonyl (C=O) groups excluding carboxylic acids is 1. The van der Waals surface area contributed by atoms with Gasteiger partial charge in [0.15, 0.2) is 18.2 Å². The van der Waals surface area contributed by atoms with Gasteiger partial charge >= 0.3 is 6.18 Å². The fourth-order valence-corrected chi connectivity index (χ4v) is 4.07. The number of hydrogen-bond donors (Lipinski definition) is 3. The van der Waals surface area contributed by atoms with E-state index in [-0.39, 0.29) is 46.6 Å². The topological polar surface area (TPSA) is 115 Å². The summed E-state index contributed by atoms with van der Waals surface area (Å²) in [5.41, 5.74) is 0.748. The van der Waals surface area contributed by atoms with Gasteiger partial charge < -0.3 is 25.4 Å². The number of amides is 1. The number of carbonyl (C=O) groups is 1. The van der Waals surface area contributed by atoms with Crippen LogP contribution in [0.15, 0.2) is 67.3 Å². The zero-order valence-corrected chi connectivity index (χ0v) is 23.3. The molecular formula is C29H28F3N7O3. The molecule has 4 aromatic rings. The number of anilines is 3. The van der Waals surface area contributed by atoms with Crippen LogP contribution in [0.1, 0.15) is 37.7 Å². The van der Waals surface area contributed by atoms with E-state index in [9.17, 15) is 18.0 Å². The highest BCUT2D eigenvalue weighted by molar-refractivity contribution is 5.94. The highest BCUT2D eigenvalue weighted by atomic mass is 19.4. The van der Waals surface area contributed by atoms with Gasteiger partial charge in [-0.3, -0.25) is 9.78 Å². The molecule has 0 bridgehead atoms. The summed E-state index contributed by atoms with van der Waals surface area (Å²) in [6.45, 7) is 11.5. The van der Waals surface area contributed by atoms with Gasteiger partial charge in [0.1, 0.15) is 17.4 Å². The van der Waals surface area contributed by atoms with Gasteiger partial charge in [-0.15, -0.1) is 0 Å². The first-order chi connectivity index (χ1) is 19.8. The van der Waals surface area contributed by atoms with Gasteiger partial charge in [0.25, 0.3) is 5.91 Å². The lowest BCUT2D eigenvalue weighted by molar-refractivity contribution is -0.137. The predicted octanol–water partition coefficient (Wildman–Crippen LogP) is 6.41. The third kappa shape index (κ3) is 6.14. The van der Waals surface area contributed by atoms with Crippen LogP contribution in [-0.2, 0) is 16.4 Å². The van der Waals surface area contributed by atoms with E-state index >= 15 is 0 Å². The average molecular weight is 580 g/mol. The predicted molar refractivity (Wildman–Crippen MR) is 151 cm³/mol. The molecule has 5 rings (SSSR count). The first-order valence-corrected chi connectivity index (χ1v) is 12.9. The maximum absolute atomic E-state index is 14.2. The van der Waals surface area contributed by atoms with Crippen molar-refractivity contribution in [3.05, 3.63) is 84.2 Å². The molecule has 0 saturated carbocycles. The zero-order valence-electron chi connectivity index (χ0n) is 23.3. The quantitative estimate of drug-likeness (QED) is 0.230. The van der Waals surface area contributed by atoms with E-state index in [1.165, 1.54) is 24.4 Å². The van der Waals surface area contributed by atoms with E-state index in [0.717, 1.165) is 17.5 Å². The van der Waals surface area contributed by atoms with Gasteiger partial charge in [-0.25, -0.2) is 9.67 Å². The van der Waals surface area contributed by atoms with Crippen molar-refractivity contribution in [2.24, 2.45) is 0 Å². The van der Waals surface area contributed by atoms with E-state index in [2.05, 4.69) is 32.5 Å². The Morgan fingerprint density at radius 1 is 1.10 bits per heavy atom. The lowest BCUT2D eigenvalue weighted by Gasteiger charge is -2.21. The zero-order chi connectivity index (χ0) is 30.2. The number of rotatable bonds is 7. The largest absolute Gasteiger partial charge is 0.476 e. The molecule has 1 aliphatic rings. The second kappa shape index (κ2) is 10.7. The fraction of sp³-hybridized carbons (Fsp3) is 0.241. The van der Waals surface area contributed by atoms with Crippen molar-refractivity contribution < 1.29 is 27.4 Å². The van der Waals surface area contributed by atoms with E-state index in [1.807, 2.05) is 45.9 Å². The molecular weight excluding hydrogens is 551 g/mol. The van der Waals surface area contributed by atoms with Crippen molar-refractivity contribution in [2.45, 2.75) is 39.3 Å². The summed E-state index contributed by atoms with van der Waals surface area (Å²) in [6, 6.07) is 10.4. The van der Waals surface area contributed by atoms with Gasteiger partial charge in [0.2, 0.25) is 5.75 Å². The summed E-state index contributed by atoms with van der Waals surface area (Å²) < 4.78 is 55.2. The number of hydrogen-bond acceptors (Lipinski definition) is 8. The second-order valence-electron chi connectivity index (χ2n) is 10.6. The molecule has 0 fully saturated rings. The minimum absolute atomic E-state index is 0.0863. The Morgan fingerprint density at radius 2 is 1.88 bits per heavy atom. The number of nitrogens with one attached hydrogen (secondary N) is 3. The Balaban J connectivity index is 1.40. The number of pyridine rings is 2. The normalized spacial score (nSPS) is 13.1. The van der Waals surface area contributed by atoms with Crippen molar-refractivity contribution in [3.8, 4) is 22.9 Å². The van der Waals surface area contributed by atoms with Crippen molar-refractivity contribution in [2.75, 3.05) is 22.6 Å². The van der Waals surface area contributed by atoms with Gasteiger partial charge in [-0.05, 0) is 37.3 Å². The molecule has 0 aliphatic carbocycles. The SMILES string of the molecule is C=C(Nc1ccc(Oc2ccnc3c2OCC(=O)N3)cc1C(F)(F)F)Nc1cc(C(C)(C)C)nn1-c1ccc(C)nc1. The number of alkyl halides is 3. The summed E-state index contributed by atoms with van der Waals surface area (Å²) in [4.78, 5) is 19.9. The van der Waals surface area contributed by atoms with Gasteiger partial charge in [0.05, 0.1) is 28.8 Å². The number of halogens is 3. The number of ether oxygens (including phenoxy) is 2. The van der Waals surface area contributed by atoms with E-state index < -0.39 is 17.6 Å². The summed E-state index contributed by atoms with van der Waals surface area (Å²) >= 11 is 0. The van der Waals surface area contributed by atoms with E-state index in [4.69, 9.17) is 14.6 Å². The molecule has 3 aromatic heterocycles. The van der Waals surface area contributed by atoms with Crippen molar-refractivity contribution in [3.63, 3.8) is 0 Å². The maximum atomic E-state index is 14.2. The van der Waals surface area contributed by atoms with Crippen molar-refractivity contribution in [1.29, 1.82) is 0 Å². The first-order valence-electron chi connectivity index (χ1n) is 12.9. The van der Waals surface area contributed by atoms with Crippen LogP contribution in [0.25, 0.3) is 5.69 Å². The minimum atomic E-state index is -4.72. The van der Waals surface area contributed by atoms with E-state index in [0.29, 0.717) is 11.5 Å². The standard InChI is InChI=1S/C29H28F3N7O3/c1-16-6-7-18(14-34-16)39-24(13-23(38-39)28(3,4)5)36-17(2)35-21-9-8-19(12-20(21)29(30,31)32)42-22-10-11-33-27-26(22)41-15-25(40)37-27/h6-14,35-36H,2,15H2,1,3-5H3,(H,33,37,40). The number of nitrogens with zero attached hydrogens (tertiary/aromatic N) is 4. The molecule has 0 saturated heterocycles. The number of aryl methyl sites for hydroxylation is 1. The van der Waals surface area contributed by atoms with Crippen LogP contribution in [0.3, 0.4) is 0 Å². The lowest BCUT2D eigenvalue weighted by atomic mass is 9.92. The van der Waals surface area contributed by atoms with Gasteiger partial charge in [-0.2, -0.15) is 18.3 Å². The summed E-state index contributed by atoms with van der Waals surface area (Å²) in [7, 11) is 0. The molecule has 1 aromatic carbocycles. The third-order valence-corrected chi connectivity index (χ3v) is 6.18. The molecule has 42 heavy (non-hydrogen) atoms. The molecule has 10 nitrogen and oxygen atoms in total.